The summed E-state index contributed by atoms with van der Waals surface area (Å²) in [5.41, 5.74) is 2.02. The summed E-state index contributed by atoms with van der Waals surface area (Å²) in [6.45, 7) is 2.59. The van der Waals surface area contributed by atoms with Gasteiger partial charge >= 0.3 is 0 Å². The van der Waals surface area contributed by atoms with Crippen molar-refractivity contribution < 1.29 is 4.74 Å². The second kappa shape index (κ2) is 6.80. The molecular weight excluding hydrogens is 334 g/mol. The maximum Gasteiger partial charge on any atom is 0.282 e. The van der Waals surface area contributed by atoms with Gasteiger partial charge in [-0.2, -0.15) is 9.78 Å². The van der Waals surface area contributed by atoms with Gasteiger partial charge in [0.2, 0.25) is 0 Å². The Morgan fingerprint density at radius 2 is 2.08 bits per heavy atom. The van der Waals surface area contributed by atoms with E-state index in [1.54, 1.807) is 17.6 Å². The van der Waals surface area contributed by atoms with Crippen LogP contribution in [-0.4, -0.2) is 22.5 Å². The van der Waals surface area contributed by atoms with Crippen molar-refractivity contribution in [3.05, 3.63) is 57.0 Å². The molecular formula is C19H19N3O2S. The van der Waals surface area contributed by atoms with Crippen LogP contribution in [0.15, 0.2) is 40.5 Å². The Labute approximate surface area is 149 Å². The predicted molar refractivity (Wildman–Crippen MR) is 101 cm³/mol. The minimum atomic E-state index is -0.0772. The average Bonchev–Trinajstić information content (AvgIpc) is 3.02. The molecule has 0 fully saturated rings. The van der Waals surface area contributed by atoms with E-state index in [0.29, 0.717) is 6.61 Å². The van der Waals surface area contributed by atoms with Crippen molar-refractivity contribution >= 4 is 27.8 Å². The summed E-state index contributed by atoms with van der Waals surface area (Å²) in [5.74, 6) is 0.824. The average molecular weight is 353 g/mol. The third kappa shape index (κ3) is 3.09. The molecule has 2 aromatic heterocycles. The molecule has 0 bridgehead atoms. The van der Waals surface area contributed by atoms with Crippen LogP contribution in [0.5, 0.6) is 5.75 Å². The van der Waals surface area contributed by atoms with Crippen molar-refractivity contribution in [1.82, 2.24) is 9.66 Å². The molecule has 0 saturated heterocycles. The molecule has 25 heavy (non-hydrogen) atoms. The second-order valence-corrected chi connectivity index (χ2v) is 7.12. The molecule has 5 nitrogen and oxygen atoms in total. The lowest BCUT2D eigenvalue weighted by atomic mass is 9.97. The number of hydrogen-bond acceptors (Lipinski definition) is 5. The summed E-state index contributed by atoms with van der Waals surface area (Å²) in [7, 11) is 0. The van der Waals surface area contributed by atoms with Crippen LogP contribution in [-0.2, 0) is 12.8 Å². The fourth-order valence-electron chi connectivity index (χ4n) is 3.16. The summed E-state index contributed by atoms with van der Waals surface area (Å²) in [6.07, 6.45) is 7.55. The molecule has 0 saturated carbocycles. The first-order valence-electron chi connectivity index (χ1n) is 8.55. The first-order chi connectivity index (χ1) is 12.3. The number of benzene rings is 1. The van der Waals surface area contributed by atoms with Gasteiger partial charge in [-0.25, -0.2) is 4.98 Å². The predicted octanol–water partition coefficient (Wildman–Crippen LogP) is 3.62. The minimum absolute atomic E-state index is 0.0772. The van der Waals surface area contributed by atoms with Crippen molar-refractivity contribution in [2.75, 3.05) is 6.61 Å². The normalized spacial score (nSPS) is 14.1. The molecule has 1 aliphatic rings. The number of thiophene rings is 1. The number of aryl methyl sites for hydroxylation is 2. The van der Waals surface area contributed by atoms with E-state index in [0.717, 1.165) is 40.8 Å². The van der Waals surface area contributed by atoms with Gasteiger partial charge in [0.1, 0.15) is 16.9 Å². The van der Waals surface area contributed by atoms with E-state index >= 15 is 0 Å². The first kappa shape index (κ1) is 16.0. The summed E-state index contributed by atoms with van der Waals surface area (Å²) in [4.78, 5) is 19.4. The number of nitrogens with zero attached hydrogens (tertiary/aromatic N) is 3. The third-order valence-electron chi connectivity index (χ3n) is 4.38. The molecule has 0 atom stereocenters. The molecule has 4 rings (SSSR count). The van der Waals surface area contributed by atoms with Crippen molar-refractivity contribution in [2.45, 2.75) is 32.6 Å². The highest BCUT2D eigenvalue weighted by atomic mass is 32.1. The zero-order valence-corrected chi connectivity index (χ0v) is 14.9. The summed E-state index contributed by atoms with van der Waals surface area (Å²) in [5, 5.41) is 5.07. The highest BCUT2D eigenvalue weighted by Crippen LogP contribution is 2.33. The zero-order chi connectivity index (χ0) is 17.2. The van der Waals surface area contributed by atoms with Crippen molar-refractivity contribution in [3.63, 3.8) is 0 Å². The lowest BCUT2D eigenvalue weighted by Crippen LogP contribution is -2.18. The van der Waals surface area contributed by atoms with Crippen LogP contribution in [0, 0.1) is 0 Å². The monoisotopic (exact) mass is 353 g/mol. The smallest absolute Gasteiger partial charge is 0.282 e. The van der Waals surface area contributed by atoms with Gasteiger partial charge in [0, 0.05) is 4.88 Å². The van der Waals surface area contributed by atoms with E-state index < -0.39 is 0 Å². The van der Waals surface area contributed by atoms with Crippen LogP contribution in [0.2, 0.25) is 0 Å². The third-order valence-corrected chi connectivity index (χ3v) is 5.58. The van der Waals surface area contributed by atoms with E-state index in [-0.39, 0.29) is 5.56 Å². The summed E-state index contributed by atoms with van der Waals surface area (Å²) >= 11 is 1.65. The molecule has 0 amide bonds. The highest BCUT2D eigenvalue weighted by Gasteiger charge is 2.19. The zero-order valence-electron chi connectivity index (χ0n) is 14.1. The summed E-state index contributed by atoms with van der Waals surface area (Å²) in [6, 6.07) is 7.62. The number of fused-ring (bicyclic) bond motifs is 3. The van der Waals surface area contributed by atoms with Crippen molar-refractivity contribution in [1.29, 1.82) is 0 Å². The molecule has 6 heteroatoms. The van der Waals surface area contributed by atoms with Crippen LogP contribution in [0.3, 0.4) is 0 Å². The van der Waals surface area contributed by atoms with Gasteiger partial charge in [0.25, 0.3) is 5.56 Å². The largest absolute Gasteiger partial charge is 0.494 e. The fraction of sp³-hybridized carbons (Fsp3) is 0.316. The molecule has 128 valence electrons. The van der Waals surface area contributed by atoms with Crippen LogP contribution in [0.1, 0.15) is 35.8 Å². The van der Waals surface area contributed by atoms with Gasteiger partial charge in [-0.05, 0) is 68.0 Å². The van der Waals surface area contributed by atoms with Crippen molar-refractivity contribution in [2.24, 2.45) is 5.10 Å². The maximum absolute atomic E-state index is 12.8. The van der Waals surface area contributed by atoms with Crippen LogP contribution in [0.25, 0.3) is 10.2 Å². The van der Waals surface area contributed by atoms with Gasteiger partial charge in [-0.1, -0.05) is 0 Å². The fourth-order valence-corrected chi connectivity index (χ4v) is 4.38. The van der Waals surface area contributed by atoms with Gasteiger partial charge in [-0.3, -0.25) is 4.79 Å². The van der Waals surface area contributed by atoms with Gasteiger partial charge in [-0.15, -0.1) is 11.3 Å². The topological polar surface area (TPSA) is 56.5 Å². The molecule has 0 N–H and O–H groups in total. The van der Waals surface area contributed by atoms with E-state index in [2.05, 4.69) is 10.1 Å². The lowest BCUT2D eigenvalue weighted by Gasteiger charge is -2.09. The Kier molecular flexibility index (Phi) is 4.36. The Morgan fingerprint density at radius 3 is 2.88 bits per heavy atom. The Hall–Kier alpha value is -2.47. The van der Waals surface area contributed by atoms with E-state index in [1.807, 2.05) is 31.2 Å². The minimum Gasteiger partial charge on any atom is -0.494 e. The SMILES string of the molecule is CCOc1ccc(C=Nn2cnc3sc4c(c3c2=O)CCCC4)cc1. The van der Waals surface area contributed by atoms with Crippen LogP contribution in [0.4, 0.5) is 0 Å². The number of aromatic nitrogens is 2. The van der Waals surface area contributed by atoms with E-state index in [4.69, 9.17) is 4.74 Å². The molecule has 1 aliphatic carbocycles. The number of ether oxygens (including phenoxy) is 1. The van der Waals surface area contributed by atoms with E-state index in [1.165, 1.54) is 27.9 Å². The highest BCUT2D eigenvalue weighted by molar-refractivity contribution is 7.18. The molecule has 0 aliphatic heterocycles. The molecule has 3 aromatic rings. The van der Waals surface area contributed by atoms with Crippen molar-refractivity contribution in [3.8, 4) is 5.75 Å². The summed E-state index contributed by atoms with van der Waals surface area (Å²) < 4.78 is 6.76. The molecule has 0 spiro atoms. The maximum atomic E-state index is 12.8. The number of hydrogen-bond donors (Lipinski definition) is 0. The quantitative estimate of drug-likeness (QED) is 0.673. The lowest BCUT2D eigenvalue weighted by molar-refractivity contribution is 0.340. The second-order valence-electron chi connectivity index (χ2n) is 6.03. The molecule has 1 aromatic carbocycles. The van der Waals surface area contributed by atoms with Gasteiger partial charge in [0.15, 0.2) is 0 Å². The van der Waals surface area contributed by atoms with Gasteiger partial charge in [0.05, 0.1) is 18.2 Å². The molecule has 0 radical (unpaired) electrons. The standard InChI is InChI=1S/C19H19N3O2S/c1-2-24-14-9-7-13(8-10-14)11-21-22-12-20-18-17(19(22)23)15-5-3-4-6-16(15)25-18/h7-12H,2-6H2,1H3. The van der Waals surface area contributed by atoms with Gasteiger partial charge < -0.3 is 4.74 Å². The Morgan fingerprint density at radius 1 is 1.28 bits per heavy atom. The van der Waals surface area contributed by atoms with Crippen LogP contribution >= 0.6 is 11.3 Å². The first-order valence-corrected chi connectivity index (χ1v) is 9.37. The molecule has 2 heterocycles. The Bertz CT molecular complexity index is 986. The number of rotatable bonds is 4. The van der Waals surface area contributed by atoms with Crippen LogP contribution < -0.4 is 10.3 Å². The van der Waals surface area contributed by atoms with E-state index in [9.17, 15) is 4.79 Å². The molecule has 0 unspecified atom stereocenters. The Balaban J connectivity index is 1.67.